The van der Waals surface area contributed by atoms with E-state index in [9.17, 15) is 5.11 Å². The van der Waals surface area contributed by atoms with Crippen LogP contribution in [0.4, 0.5) is 0 Å². The number of allylic oxidation sites excluding steroid dienone is 2. The molecule has 0 saturated heterocycles. The molecule has 0 heterocycles. The van der Waals surface area contributed by atoms with Gasteiger partial charge >= 0.3 is 0 Å². The van der Waals surface area contributed by atoms with Gasteiger partial charge in [0, 0.05) is 6.42 Å². The second kappa shape index (κ2) is 5.12. The van der Waals surface area contributed by atoms with E-state index in [1.54, 1.807) is 31.2 Å². The third-order valence-electron chi connectivity index (χ3n) is 1.53. The minimum absolute atomic E-state index is 0.335. The molecule has 70 valence electrons. The first-order valence-corrected chi connectivity index (χ1v) is 4.22. The molecular formula is C10H18O2. The van der Waals surface area contributed by atoms with Crippen LogP contribution in [0, 0.1) is 0 Å². The summed E-state index contributed by atoms with van der Waals surface area (Å²) in [6, 6.07) is 0. The summed E-state index contributed by atoms with van der Waals surface area (Å²) < 4.78 is 0. The fourth-order valence-corrected chi connectivity index (χ4v) is 1.24. The quantitative estimate of drug-likeness (QED) is 0.630. The Labute approximate surface area is 74.2 Å². The van der Waals surface area contributed by atoms with Crippen LogP contribution in [0.25, 0.3) is 0 Å². The van der Waals surface area contributed by atoms with E-state index in [1.165, 1.54) is 0 Å². The van der Waals surface area contributed by atoms with Crippen molar-refractivity contribution in [3.63, 3.8) is 0 Å². The van der Waals surface area contributed by atoms with Gasteiger partial charge in [-0.15, -0.1) is 0 Å². The van der Waals surface area contributed by atoms with Crippen LogP contribution in [0.5, 0.6) is 0 Å². The van der Waals surface area contributed by atoms with Crippen molar-refractivity contribution in [3.8, 4) is 0 Å². The van der Waals surface area contributed by atoms with Gasteiger partial charge in [0.25, 0.3) is 0 Å². The maximum Gasteiger partial charge on any atom is 0.103 e. The molecule has 0 spiro atoms. The largest absolute Gasteiger partial charge is 0.393 e. The second-order valence-electron chi connectivity index (χ2n) is 3.04. The Morgan fingerprint density at radius 1 is 1.25 bits per heavy atom. The molecule has 0 amide bonds. The number of aliphatic hydroxyl groups excluding tert-OH is 1. The Bertz CT molecular complexity index is 157. The van der Waals surface area contributed by atoms with Crippen molar-refractivity contribution in [2.24, 2.45) is 0 Å². The molecule has 0 aromatic heterocycles. The topological polar surface area (TPSA) is 40.5 Å². The molecule has 0 saturated carbocycles. The van der Waals surface area contributed by atoms with Gasteiger partial charge in [0.2, 0.25) is 0 Å². The fraction of sp³-hybridized carbons (Fsp3) is 0.600. The molecule has 0 aliphatic heterocycles. The molecule has 2 heteroatoms. The van der Waals surface area contributed by atoms with Crippen molar-refractivity contribution >= 4 is 0 Å². The molecule has 0 aliphatic rings. The average Bonchev–Trinajstić information content (AvgIpc) is 1.85. The van der Waals surface area contributed by atoms with Crippen molar-refractivity contribution in [2.45, 2.75) is 38.9 Å². The molecule has 0 aromatic rings. The Kier molecular flexibility index (Phi) is 4.86. The van der Waals surface area contributed by atoms with E-state index in [-0.39, 0.29) is 0 Å². The molecule has 0 bridgehead atoms. The summed E-state index contributed by atoms with van der Waals surface area (Å²) in [6.45, 7) is 5.35. The third-order valence-corrected chi connectivity index (χ3v) is 1.53. The summed E-state index contributed by atoms with van der Waals surface area (Å²) in [5.41, 5.74) is -0.988. The van der Waals surface area contributed by atoms with E-state index >= 15 is 0 Å². The van der Waals surface area contributed by atoms with Crippen molar-refractivity contribution in [1.29, 1.82) is 0 Å². The van der Waals surface area contributed by atoms with Gasteiger partial charge in [-0.1, -0.05) is 24.3 Å². The molecule has 0 aliphatic carbocycles. The lowest BCUT2D eigenvalue weighted by molar-refractivity contribution is 0.0684. The molecule has 0 fully saturated rings. The summed E-state index contributed by atoms with van der Waals surface area (Å²) in [5.74, 6) is 0. The zero-order valence-corrected chi connectivity index (χ0v) is 7.99. The smallest absolute Gasteiger partial charge is 0.103 e. The van der Waals surface area contributed by atoms with E-state index in [4.69, 9.17) is 5.11 Å². The molecule has 0 rings (SSSR count). The van der Waals surface area contributed by atoms with Crippen LogP contribution < -0.4 is 0 Å². The zero-order valence-electron chi connectivity index (χ0n) is 7.99. The van der Waals surface area contributed by atoms with Crippen LogP contribution in [-0.4, -0.2) is 21.9 Å². The highest BCUT2D eigenvalue weighted by molar-refractivity contribution is 5.12. The maximum atomic E-state index is 9.85. The van der Waals surface area contributed by atoms with E-state index < -0.39 is 11.7 Å². The van der Waals surface area contributed by atoms with Gasteiger partial charge in [0.1, 0.15) is 5.60 Å². The SMILES string of the molecule is C/C=C/C(O)(/C=C/C)CC(C)O. The maximum absolute atomic E-state index is 9.85. The lowest BCUT2D eigenvalue weighted by Crippen LogP contribution is -2.27. The Balaban J connectivity index is 4.38. The van der Waals surface area contributed by atoms with E-state index in [0.29, 0.717) is 6.42 Å². The minimum Gasteiger partial charge on any atom is -0.393 e. The number of hydrogen-bond donors (Lipinski definition) is 2. The number of hydrogen-bond acceptors (Lipinski definition) is 2. The summed E-state index contributed by atoms with van der Waals surface area (Å²) in [5, 5.41) is 19.0. The van der Waals surface area contributed by atoms with Crippen molar-refractivity contribution < 1.29 is 10.2 Å². The molecule has 0 radical (unpaired) electrons. The summed E-state index contributed by atoms with van der Waals surface area (Å²) >= 11 is 0. The first kappa shape index (κ1) is 11.4. The highest BCUT2D eigenvalue weighted by Gasteiger charge is 2.20. The first-order chi connectivity index (χ1) is 5.54. The Morgan fingerprint density at radius 2 is 1.67 bits per heavy atom. The van der Waals surface area contributed by atoms with Gasteiger partial charge in [-0.05, 0) is 20.8 Å². The van der Waals surface area contributed by atoms with Gasteiger partial charge in [0.15, 0.2) is 0 Å². The lowest BCUT2D eigenvalue weighted by atomic mass is 9.95. The highest BCUT2D eigenvalue weighted by atomic mass is 16.3. The highest BCUT2D eigenvalue weighted by Crippen LogP contribution is 2.16. The molecule has 12 heavy (non-hydrogen) atoms. The number of aliphatic hydroxyl groups is 2. The first-order valence-electron chi connectivity index (χ1n) is 4.22. The standard InChI is InChI=1S/C10H18O2/c1-4-6-10(12,7-5-2)8-9(3)11/h4-7,9,11-12H,8H2,1-3H3/b6-4+,7-5+. The van der Waals surface area contributed by atoms with Crippen molar-refractivity contribution in [1.82, 2.24) is 0 Å². The van der Waals surface area contributed by atoms with Gasteiger partial charge < -0.3 is 10.2 Å². The van der Waals surface area contributed by atoms with Gasteiger partial charge in [-0.3, -0.25) is 0 Å². The van der Waals surface area contributed by atoms with E-state index in [2.05, 4.69) is 0 Å². The van der Waals surface area contributed by atoms with Gasteiger partial charge in [-0.2, -0.15) is 0 Å². The monoisotopic (exact) mass is 170 g/mol. The Morgan fingerprint density at radius 3 is 1.92 bits per heavy atom. The molecule has 0 aromatic carbocycles. The predicted octanol–water partition coefficient (Wildman–Crippen LogP) is 1.64. The normalized spacial score (nSPS) is 16.1. The second-order valence-corrected chi connectivity index (χ2v) is 3.04. The summed E-state index contributed by atoms with van der Waals surface area (Å²) in [6.07, 6.45) is 6.76. The van der Waals surface area contributed by atoms with Gasteiger partial charge in [0.05, 0.1) is 6.10 Å². The Hall–Kier alpha value is -0.600. The average molecular weight is 170 g/mol. The zero-order chi connectivity index (χ0) is 9.61. The summed E-state index contributed by atoms with van der Waals surface area (Å²) in [4.78, 5) is 0. The lowest BCUT2D eigenvalue weighted by Gasteiger charge is -2.21. The van der Waals surface area contributed by atoms with Crippen LogP contribution in [-0.2, 0) is 0 Å². The van der Waals surface area contributed by atoms with Crippen LogP contribution >= 0.6 is 0 Å². The van der Waals surface area contributed by atoms with Crippen molar-refractivity contribution in [3.05, 3.63) is 24.3 Å². The molecule has 1 atom stereocenters. The van der Waals surface area contributed by atoms with Crippen LogP contribution in [0.1, 0.15) is 27.2 Å². The van der Waals surface area contributed by atoms with Crippen molar-refractivity contribution in [2.75, 3.05) is 0 Å². The summed E-state index contributed by atoms with van der Waals surface area (Å²) in [7, 11) is 0. The van der Waals surface area contributed by atoms with E-state index in [1.807, 2.05) is 13.8 Å². The minimum atomic E-state index is -0.988. The number of rotatable bonds is 4. The van der Waals surface area contributed by atoms with E-state index in [0.717, 1.165) is 0 Å². The van der Waals surface area contributed by atoms with Crippen LogP contribution in [0.3, 0.4) is 0 Å². The molecule has 1 unspecified atom stereocenters. The predicted molar refractivity (Wildman–Crippen MR) is 50.9 cm³/mol. The molecule has 2 N–H and O–H groups in total. The van der Waals surface area contributed by atoms with Crippen LogP contribution in [0.2, 0.25) is 0 Å². The molecule has 2 nitrogen and oxygen atoms in total. The third kappa shape index (κ3) is 4.31. The van der Waals surface area contributed by atoms with Gasteiger partial charge in [-0.25, -0.2) is 0 Å². The molecular weight excluding hydrogens is 152 g/mol. The van der Waals surface area contributed by atoms with Crippen LogP contribution in [0.15, 0.2) is 24.3 Å². The fourth-order valence-electron chi connectivity index (χ4n) is 1.24.